The zero-order chi connectivity index (χ0) is 30.1. The molecule has 0 saturated heterocycles. The molecule has 1 aliphatic rings. The van der Waals surface area contributed by atoms with Crippen molar-refractivity contribution in [3.05, 3.63) is 82.0 Å². The molecule has 0 fully saturated rings. The minimum absolute atomic E-state index is 0.275. The van der Waals surface area contributed by atoms with Crippen LogP contribution in [0.15, 0.2) is 48.5 Å². The van der Waals surface area contributed by atoms with E-state index in [4.69, 9.17) is 26.2 Å². The van der Waals surface area contributed by atoms with Crippen molar-refractivity contribution in [1.82, 2.24) is 19.7 Å². The van der Waals surface area contributed by atoms with E-state index < -0.39 is 0 Å². The molecule has 0 saturated carbocycles. The highest BCUT2D eigenvalue weighted by molar-refractivity contribution is 6.35. The van der Waals surface area contributed by atoms with E-state index in [0.29, 0.717) is 49.0 Å². The Hall–Kier alpha value is -3.88. The molecule has 1 aliphatic heterocycles. The highest BCUT2D eigenvalue weighted by Crippen LogP contribution is 2.43. The monoisotopic (exact) mass is 602 g/mol. The van der Waals surface area contributed by atoms with Crippen LogP contribution in [0.2, 0.25) is 5.02 Å². The first-order valence-electron chi connectivity index (χ1n) is 15.0. The summed E-state index contributed by atoms with van der Waals surface area (Å²) in [4.78, 5) is 13.6. The van der Waals surface area contributed by atoms with Gasteiger partial charge in [-0.1, -0.05) is 36.7 Å². The number of carbonyl (C=O) groups is 1. The van der Waals surface area contributed by atoms with E-state index in [0.717, 1.165) is 69.1 Å². The summed E-state index contributed by atoms with van der Waals surface area (Å²) in [6.45, 7) is 6.74. The second-order valence-corrected chi connectivity index (χ2v) is 11.3. The minimum atomic E-state index is -0.333. The zero-order valence-electron chi connectivity index (χ0n) is 24.8. The van der Waals surface area contributed by atoms with Gasteiger partial charge in [0, 0.05) is 47.7 Å². The number of fused-ring (bicyclic) bond motifs is 3. The predicted octanol–water partition coefficient (Wildman–Crippen LogP) is 7.23. The molecule has 1 N–H and O–H groups in total. The van der Waals surface area contributed by atoms with E-state index in [1.54, 1.807) is 6.07 Å². The van der Waals surface area contributed by atoms with E-state index in [9.17, 15) is 9.18 Å². The Balaban J connectivity index is 1.44. The van der Waals surface area contributed by atoms with Gasteiger partial charge >= 0.3 is 5.97 Å². The van der Waals surface area contributed by atoms with Gasteiger partial charge in [-0.3, -0.25) is 4.68 Å². The van der Waals surface area contributed by atoms with Crippen molar-refractivity contribution in [3.63, 3.8) is 0 Å². The standard InChI is InChI=1S/C34H36ClFN4O3/c1-4-28-31-27(38-39(28)3)20-37-16-8-17-40-32-25(14-15-26(35)30(31)32)24(33(40)34(41)42-5-2)10-7-18-43-29-11-6-9-21-19-22(36)12-13-23(21)29/h6,9,11-15,19,37H,4-5,7-8,10,16-18,20H2,1-3H3. The number of benzene rings is 3. The molecule has 0 aliphatic carbocycles. The molecule has 7 nitrogen and oxygen atoms in total. The van der Waals surface area contributed by atoms with Crippen LogP contribution >= 0.6 is 11.6 Å². The molecular formula is C34H36ClFN4O3. The Morgan fingerprint density at radius 3 is 2.77 bits per heavy atom. The first-order valence-corrected chi connectivity index (χ1v) is 15.4. The highest BCUT2D eigenvalue weighted by atomic mass is 35.5. The van der Waals surface area contributed by atoms with E-state index in [1.165, 1.54) is 12.1 Å². The molecule has 3 aromatic carbocycles. The number of rotatable bonds is 8. The third-order valence-electron chi connectivity index (χ3n) is 8.23. The average Bonchev–Trinajstić information content (AvgIpc) is 3.48. The molecule has 224 valence electrons. The van der Waals surface area contributed by atoms with Gasteiger partial charge in [0.2, 0.25) is 0 Å². The average molecular weight is 603 g/mol. The number of aryl methyl sites for hydroxylation is 3. The Morgan fingerprint density at radius 1 is 1.12 bits per heavy atom. The Bertz CT molecular complexity index is 1830. The molecule has 0 spiro atoms. The van der Waals surface area contributed by atoms with E-state index in [2.05, 4.69) is 16.8 Å². The summed E-state index contributed by atoms with van der Waals surface area (Å²) in [5, 5.41) is 11.7. The van der Waals surface area contributed by atoms with Gasteiger partial charge in [0.25, 0.3) is 0 Å². The van der Waals surface area contributed by atoms with Crippen molar-refractivity contribution in [1.29, 1.82) is 0 Å². The van der Waals surface area contributed by atoms with E-state index in [1.807, 2.05) is 49.0 Å². The summed E-state index contributed by atoms with van der Waals surface area (Å²) in [5.41, 5.74) is 6.46. The minimum Gasteiger partial charge on any atom is -0.493 e. The summed E-state index contributed by atoms with van der Waals surface area (Å²) < 4.78 is 29.6. The van der Waals surface area contributed by atoms with Crippen LogP contribution in [0.3, 0.4) is 0 Å². The lowest BCUT2D eigenvalue weighted by Crippen LogP contribution is -2.20. The molecule has 3 heterocycles. The van der Waals surface area contributed by atoms with E-state index in [-0.39, 0.29) is 18.4 Å². The quantitative estimate of drug-likeness (QED) is 0.150. The molecular weight excluding hydrogens is 567 g/mol. The topological polar surface area (TPSA) is 70.3 Å². The van der Waals surface area contributed by atoms with Gasteiger partial charge in [-0.25, -0.2) is 9.18 Å². The molecule has 0 unspecified atom stereocenters. The molecule has 9 heteroatoms. The fraction of sp³-hybridized carbons (Fsp3) is 0.353. The molecule has 0 bridgehead atoms. The maximum atomic E-state index is 13.8. The number of halogens is 2. The van der Waals surface area contributed by atoms with Gasteiger partial charge < -0.3 is 19.4 Å². The molecule has 5 aromatic rings. The summed E-state index contributed by atoms with van der Waals surface area (Å²) >= 11 is 7.02. The SMILES string of the molecule is CCOC(=O)c1c(CCCOc2cccc3cc(F)ccc23)c2ccc(Cl)c3c2n1CCCNCc1nn(C)c(CC)c1-3. The second kappa shape index (κ2) is 12.4. The fourth-order valence-corrected chi connectivity index (χ4v) is 6.68. The summed E-state index contributed by atoms with van der Waals surface area (Å²) in [6.07, 6.45) is 2.90. The summed E-state index contributed by atoms with van der Waals surface area (Å²) in [6, 6.07) is 14.3. The van der Waals surface area contributed by atoms with Crippen molar-refractivity contribution in [2.75, 3.05) is 19.8 Å². The predicted molar refractivity (Wildman–Crippen MR) is 169 cm³/mol. The number of hydrogen-bond donors (Lipinski definition) is 1. The maximum Gasteiger partial charge on any atom is 0.355 e. The van der Waals surface area contributed by atoms with Gasteiger partial charge in [-0.15, -0.1) is 0 Å². The summed E-state index contributed by atoms with van der Waals surface area (Å²) in [5.74, 6) is 0.101. The number of nitrogens with one attached hydrogen (secondary N) is 1. The number of hydrogen-bond acceptors (Lipinski definition) is 5. The highest BCUT2D eigenvalue weighted by Gasteiger charge is 2.29. The largest absolute Gasteiger partial charge is 0.493 e. The number of ether oxygens (including phenoxy) is 2. The second-order valence-electron chi connectivity index (χ2n) is 10.9. The number of carbonyl (C=O) groups excluding carboxylic acids is 1. The molecule has 43 heavy (non-hydrogen) atoms. The molecule has 2 aromatic heterocycles. The van der Waals surface area contributed by atoms with Crippen LogP contribution in [0.4, 0.5) is 4.39 Å². The normalized spacial score (nSPS) is 13.3. The van der Waals surface area contributed by atoms with Crippen LogP contribution in [-0.4, -0.2) is 40.1 Å². The Morgan fingerprint density at radius 2 is 1.95 bits per heavy atom. The van der Waals surface area contributed by atoms with Crippen LogP contribution in [0.1, 0.15) is 54.1 Å². The maximum absolute atomic E-state index is 13.8. The lowest BCUT2D eigenvalue weighted by molar-refractivity contribution is 0.0512. The zero-order valence-corrected chi connectivity index (χ0v) is 25.6. The van der Waals surface area contributed by atoms with Crippen LogP contribution in [0.25, 0.3) is 32.8 Å². The van der Waals surface area contributed by atoms with Crippen LogP contribution in [0, 0.1) is 5.82 Å². The van der Waals surface area contributed by atoms with Crippen molar-refractivity contribution >= 4 is 39.2 Å². The van der Waals surface area contributed by atoms with Gasteiger partial charge in [0.05, 0.1) is 29.4 Å². The first kappa shape index (κ1) is 29.2. The molecule has 0 radical (unpaired) electrons. The van der Waals surface area contributed by atoms with Crippen molar-refractivity contribution < 1.29 is 18.7 Å². The van der Waals surface area contributed by atoms with Gasteiger partial charge in [0.15, 0.2) is 0 Å². The smallest absolute Gasteiger partial charge is 0.355 e. The van der Waals surface area contributed by atoms with Crippen LogP contribution < -0.4 is 10.1 Å². The van der Waals surface area contributed by atoms with Crippen molar-refractivity contribution in [3.8, 4) is 16.9 Å². The van der Waals surface area contributed by atoms with Gasteiger partial charge in [-0.2, -0.15) is 5.10 Å². The van der Waals surface area contributed by atoms with Crippen LogP contribution in [-0.2, 0) is 37.7 Å². The molecule has 0 atom stereocenters. The number of aromatic nitrogens is 3. The van der Waals surface area contributed by atoms with Gasteiger partial charge in [0.1, 0.15) is 17.3 Å². The summed E-state index contributed by atoms with van der Waals surface area (Å²) in [7, 11) is 1.97. The third-order valence-corrected chi connectivity index (χ3v) is 8.54. The lowest BCUT2D eigenvalue weighted by atomic mass is 9.97. The third kappa shape index (κ3) is 5.38. The van der Waals surface area contributed by atoms with E-state index >= 15 is 0 Å². The Kier molecular flexibility index (Phi) is 8.41. The van der Waals surface area contributed by atoms with Crippen molar-refractivity contribution in [2.24, 2.45) is 7.05 Å². The number of nitrogens with zero attached hydrogens (tertiary/aromatic N) is 3. The fourth-order valence-electron chi connectivity index (χ4n) is 6.43. The lowest BCUT2D eigenvalue weighted by Gasteiger charge is -2.17. The Labute approximate surface area is 255 Å². The van der Waals surface area contributed by atoms with Gasteiger partial charge in [-0.05, 0) is 80.4 Å². The molecule has 0 amide bonds. The number of esters is 1. The van der Waals surface area contributed by atoms with Crippen molar-refractivity contribution in [2.45, 2.75) is 52.6 Å². The first-order chi connectivity index (χ1) is 20.9. The molecule has 6 rings (SSSR count). The van der Waals surface area contributed by atoms with Crippen LogP contribution in [0.5, 0.6) is 5.75 Å².